The van der Waals surface area contributed by atoms with E-state index in [1.54, 1.807) is 0 Å². The van der Waals surface area contributed by atoms with E-state index in [2.05, 4.69) is 9.46 Å². The second kappa shape index (κ2) is 4.24. The summed E-state index contributed by atoms with van der Waals surface area (Å²) in [5, 5.41) is 0. The van der Waals surface area contributed by atoms with Gasteiger partial charge >= 0.3 is 11.9 Å². The molecule has 0 radical (unpaired) electrons. The van der Waals surface area contributed by atoms with Crippen LogP contribution < -0.4 is 4.72 Å². The third-order valence-corrected chi connectivity index (χ3v) is 4.52. The van der Waals surface area contributed by atoms with Gasteiger partial charge in [-0.2, -0.15) is 12.7 Å². The van der Waals surface area contributed by atoms with Gasteiger partial charge in [0.2, 0.25) is 0 Å². The van der Waals surface area contributed by atoms with Crippen LogP contribution in [0.2, 0.25) is 0 Å². The second-order valence-electron chi connectivity index (χ2n) is 3.86. The summed E-state index contributed by atoms with van der Waals surface area (Å²) >= 11 is 0. The number of hydrogen-bond donors (Lipinski definition) is 1. The van der Waals surface area contributed by atoms with Crippen LogP contribution in [0.4, 0.5) is 0 Å². The van der Waals surface area contributed by atoms with Gasteiger partial charge in [0.25, 0.3) is 10.2 Å². The van der Waals surface area contributed by atoms with Gasteiger partial charge in [-0.1, -0.05) is 0 Å². The summed E-state index contributed by atoms with van der Waals surface area (Å²) in [6, 6.07) is -0.303. The highest BCUT2D eigenvalue weighted by Gasteiger charge is 2.42. The summed E-state index contributed by atoms with van der Waals surface area (Å²) in [4.78, 5) is 23.9. The summed E-state index contributed by atoms with van der Waals surface area (Å²) in [6.45, 7) is 0.863. The van der Waals surface area contributed by atoms with Crippen molar-refractivity contribution >= 4 is 22.1 Å². The molecule has 8 nitrogen and oxygen atoms in total. The molecule has 2 heterocycles. The van der Waals surface area contributed by atoms with Crippen LogP contribution in [0, 0.1) is 0 Å². The molecule has 1 unspecified atom stereocenters. The lowest BCUT2D eigenvalue weighted by molar-refractivity contribution is -0.159. The topological polar surface area (TPSA) is 96.0 Å². The maximum Gasteiger partial charge on any atom is 0.396 e. The van der Waals surface area contributed by atoms with Crippen LogP contribution in [0.5, 0.6) is 0 Å². The molecule has 1 atom stereocenters. The van der Waals surface area contributed by atoms with E-state index in [0.29, 0.717) is 0 Å². The molecular weight excluding hydrogens is 250 g/mol. The Morgan fingerprint density at radius 1 is 1.35 bits per heavy atom. The zero-order chi connectivity index (χ0) is 12.6. The van der Waals surface area contributed by atoms with Gasteiger partial charge in [-0.3, -0.25) is 4.79 Å². The van der Waals surface area contributed by atoms with Crippen molar-refractivity contribution in [2.45, 2.75) is 6.04 Å². The van der Waals surface area contributed by atoms with Crippen LogP contribution in [0.25, 0.3) is 0 Å². The molecule has 2 aliphatic heterocycles. The Labute approximate surface area is 98.7 Å². The summed E-state index contributed by atoms with van der Waals surface area (Å²) in [5.74, 6) is -1.65. The minimum atomic E-state index is -3.39. The van der Waals surface area contributed by atoms with Crippen LogP contribution in [0.3, 0.4) is 0 Å². The highest BCUT2D eigenvalue weighted by molar-refractivity contribution is 7.87. The van der Waals surface area contributed by atoms with E-state index in [9.17, 15) is 18.0 Å². The smallest absolute Gasteiger partial charge is 0.396 e. The quantitative estimate of drug-likeness (QED) is 0.385. The maximum atomic E-state index is 11.5. The molecule has 0 aromatic carbocycles. The zero-order valence-electron chi connectivity index (χ0n) is 9.25. The summed E-state index contributed by atoms with van der Waals surface area (Å²) in [5.41, 5.74) is 0. The van der Waals surface area contributed by atoms with Gasteiger partial charge in [0.05, 0.1) is 13.2 Å². The Hall–Kier alpha value is -1.19. The van der Waals surface area contributed by atoms with Crippen LogP contribution in [-0.4, -0.2) is 68.8 Å². The highest BCUT2D eigenvalue weighted by Crippen LogP contribution is 2.18. The number of methoxy groups -OCH3 is 1. The van der Waals surface area contributed by atoms with Crippen LogP contribution >= 0.6 is 0 Å². The maximum absolute atomic E-state index is 11.5. The first-order valence-electron chi connectivity index (χ1n) is 5.09. The number of hydrogen-bond acceptors (Lipinski definition) is 5. The predicted molar refractivity (Wildman–Crippen MR) is 56.0 cm³/mol. The standard InChI is InChI=1S/C8H13N3O5S/c1-16-8(13)7(12)10-2-3-11-6(5-10)4-9-17(11,14)15/h6,9H,2-5H2,1H3. The van der Waals surface area contributed by atoms with E-state index >= 15 is 0 Å². The van der Waals surface area contributed by atoms with Crippen molar-refractivity contribution in [3.8, 4) is 0 Å². The molecule has 2 rings (SSSR count). The number of nitrogens with one attached hydrogen (secondary N) is 1. The first-order valence-corrected chi connectivity index (χ1v) is 6.53. The molecule has 2 aliphatic rings. The summed E-state index contributed by atoms with van der Waals surface area (Å²) in [6.07, 6.45) is 0. The zero-order valence-corrected chi connectivity index (χ0v) is 10.1. The van der Waals surface area contributed by atoms with E-state index in [0.717, 1.165) is 7.11 Å². The minimum Gasteiger partial charge on any atom is -0.462 e. The largest absolute Gasteiger partial charge is 0.462 e. The fourth-order valence-corrected chi connectivity index (χ4v) is 3.43. The minimum absolute atomic E-state index is 0.197. The van der Waals surface area contributed by atoms with E-state index < -0.39 is 22.1 Å². The van der Waals surface area contributed by atoms with Crippen molar-refractivity contribution < 1.29 is 22.7 Å². The average molecular weight is 263 g/mol. The number of nitrogens with zero attached hydrogens (tertiary/aromatic N) is 2. The number of carbonyl (C=O) groups excluding carboxylic acids is 2. The highest BCUT2D eigenvalue weighted by atomic mass is 32.2. The van der Waals surface area contributed by atoms with Crippen molar-refractivity contribution in [3.63, 3.8) is 0 Å². The molecule has 2 saturated heterocycles. The van der Waals surface area contributed by atoms with Gasteiger partial charge in [-0.05, 0) is 0 Å². The van der Waals surface area contributed by atoms with Crippen LogP contribution in [-0.2, 0) is 24.5 Å². The second-order valence-corrected chi connectivity index (χ2v) is 5.57. The first kappa shape index (κ1) is 12.3. The van der Waals surface area contributed by atoms with Gasteiger partial charge in [-0.15, -0.1) is 0 Å². The predicted octanol–water partition coefficient (Wildman–Crippen LogP) is -2.48. The molecule has 0 aromatic rings. The molecule has 0 saturated carbocycles. The third kappa shape index (κ3) is 2.13. The lowest BCUT2D eigenvalue weighted by Gasteiger charge is -2.34. The summed E-state index contributed by atoms with van der Waals surface area (Å²) < 4.78 is 31.0. The Morgan fingerprint density at radius 3 is 2.71 bits per heavy atom. The van der Waals surface area contributed by atoms with Crippen molar-refractivity contribution in [1.82, 2.24) is 13.9 Å². The fraction of sp³-hybridized carbons (Fsp3) is 0.750. The third-order valence-electron chi connectivity index (χ3n) is 2.89. The molecule has 17 heavy (non-hydrogen) atoms. The molecule has 0 bridgehead atoms. The number of amides is 1. The molecular formula is C8H13N3O5S. The average Bonchev–Trinajstić information content (AvgIpc) is 2.63. The van der Waals surface area contributed by atoms with Crippen molar-refractivity contribution in [2.75, 3.05) is 33.3 Å². The molecule has 0 aliphatic carbocycles. The van der Waals surface area contributed by atoms with Crippen LogP contribution in [0.15, 0.2) is 0 Å². The van der Waals surface area contributed by atoms with Gasteiger partial charge in [-0.25, -0.2) is 9.52 Å². The Kier molecular flexibility index (Phi) is 3.06. The molecule has 9 heteroatoms. The molecule has 96 valence electrons. The van der Waals surface area contributed by atoms with Crippen molar-refractivity contribution in [1.29, 1.82) is 0 Å². The Morgan fingerprint density at radius 2 is 2.06 bits per heavy atom. The Bertz CT molecular complexity index is 448. The van der Waals surface area contributed by atoms with E-state index in [1.165, 1.54) is 9.21 Å². The number of esters is 1. The molecule has 1 N–H and O–H groups in total. The monoisotopic (exact) mass is 263 g/mol. The first-order chi connectivity index (χ1) is 7.95. The SMILES string of the molecule is COC(=O)C(=O)N1CCN2C(CNS2(=O)=O)C1. The number of ether oxygens (including phenoxy) is 1. The Balaban J connectivity index is 2.06. The van der Waals surface area contributed by atoms with Crippen molar-refractivity contribution in [2.24, 2.45) is 0 Å². The number of fused-ring (bicyclic) bond motifs is 1. The van der Waals surface area contributed by atoms with E-state index in [4.69, 9.17) is 0 Å². The van der Waals surface area contributed by atoms with Gasteiger partial charge in [0.15, 0.2) is 0 Å². The van der Waals surface area contributed by atoms with E-state index in [1.807, 2.05) is 0 Å². The van der Waals surface area contributed by atoms with Crippen LogP contribution in [0.1, 0.15) is 0 Å². The fourth-order valence-electron chi connectivity index (χ4n) is 2.01. The molecule has 0 aromatic heterocycles. The number of rotatable bonds is 0. The van der Waals surface area contributed by atoms with Gasteiger partial charge < -0.3 is 9.64 Å². The number of piperazine rings is 1. The normalized spacial score (nSPS) is 27.6. The molecule has 2 fully saturated rings. The lowest BCUT2D eigenvalue weighted by atomic mass is 10.2. The number of carbonyl (C=O) groups is 2. The van der Waals surface area contributed by atoms with Crippen molar-refractivity contribution in [3.05, 3.63) is 0 Å². The lowest BCUT2D eigenvalue weighted by Crippen LogP contribution is -2.55. The van der Waals surface area contributed by atoms with Gasteiger partial charge in [0, 0.05) is 26.2 Å². The summed E-state index contributed by atoms with van der Waals surface area (Å²) in [7, 11) is -2.26. The van der Waals surface area contributed by atoms with Gasteiger partial charge in [0.1, 0.15) is 0 Å². The molecule has 0 spiro atoms. The van der Waals surface area contributed by atoms with E-state index in [-0.39, 0.29) is 32.2 Å². The molecule has 1 amide bonds.